The predicted molar refractivity (Wildman–Crippen MR) is 124 cm³/mol. The molecule has 0 bridgehead atoms. The van der Waals surface area contributed by atoms with Gasteiger partial charge in [0, 0.05) is 6.54 Å². The summed E-state index contributed by atoms with van der Waals surface area (Å²) in [5.74, 6) is 0.946. The molecule has 6 heteroatoms. The lowest BCUT2D eigenvalue weighted by molar-refractivity contribution is 0.305. The number of benzene rings is 2. The average molecular weight is 434 g/mol. The zero-order valence-corrected chi connectivity index (χ0v) is 19.4. The van der Waals surface area contributed by atoms with Gasteiger partial charge in [-0.3, -0.25) is 4.57 Å². The van der Waals surface area contributed by atoms with E-state index >= 15 is 0 Å². The van der Waals surface area contributed by atoms with Gasteiger partial charge in [0.2, 0.25) is 0 Å². The summed E-state index contributed by atoms with van der Waals surface area (Å²) in [7, 11) is -3.89. The molecule has 0 atom stereocenters. The lowest BCUT2D eigenvalue weighted by atomic mass is 9.94. The Balaban J connectivity index is 1.91. The first-order valence-electron chi connectivity index (χ1n) is 10.9. The van der Waals surface area contributed by atoms with Gasteiger partial charge in [-0.15, -0.1) is 0 Å². The average Bonchev–Trinajstić information content (AvgIpc) is 2.67. The van der Waals surface area contributed by atoms with Crippen LogP contribution < -0.4 is 10.1 Å². The zero-order chi connectivity index (χ0) is 22.0. The molecule has 3 N–H and O–H groups in total. The van der Waals surface area contributed by atoms with Crippen LogP contribution in [0.5, 0.6) is 5.75 Å². The van der Waals surface area contributed by atoms with Crippen LogP contribution in [-0.2, 0) is 11.1 Å². The van der Waals surface area contributed by atoms with Gasteiger partial charge in [0.15, 0.2) is 0 Å². The standard InChI is InChI=1S/C24H36NO4P/c1-4-5-6-7-14-29-23-16-19(2)24(20(3)17-23)22-11-9-21(10-12-22)18-25-13-8-15-30(26,27)28/h9-12,16-17,25H,4-8,13-15,18H2,1-3H3,(H2,26,27,28). The maximum absolute atomic E-state index is 10.9. The third kappa shape index (κ3) is 8.61. The van der Waals surface area contributed by atoms with Crippen molar-refractivity contribution in [3.05, 3.63) is 53.1 Å². The van der Waals surface area contributed by atoms with Crippen molar-refractivity contribution in [3.63, 3.8) is 0 Å². The van der Waals surface area contributed by atoms with Gasteiger partial charge in [-0.25, -0.2) is 0 Å². The molecular weight excluding hydrogens is 397 g/mol. The first-order valence-corrected chi connectivity index (χ1v) is 12.7. The molecule has 0 aliphatic heterocycles. The molecular formula is C24H36NO4P. The van der Waals surface area contributed by atoms with Crippen LogP contribution in [0, 0.1) is 13.8 Å². The van der Waals surface area contributed by atoms with Gasteiger partial charge in [-0.05, 0) is 73.2 Å². The number of unbranched alkanes of at least 4 members (excludes halogenated alkanes) is 3. The van der Waals surface area contributed by atoms with Gasteiger partial charge < -0.3 is 19.8 Å². The molecule has 0 aliphatic rings. The second-order valence-electron chi connectivity index (χ2n) is 7.96. The minimum atomic E-state index is -3.89. The van der Waals surface area contributed by atoms with Gasteiger partial charge in [0.1, 0.15) is 5.75 Å². The van der Waals surface area contributed by atoms with Crippen molar-refractivity contribution >= 4 is 7.60 Å². The summed E-state index contributed by atoms with van der Waals surface area (Å²) in [6.45, 7) is 8.51. The molecule has 166 valence electrons. The Morgan fingerprint density at radius 3 is 2.23 bits per heavy atom. The SMILES string of the molecule is CCCCCCOc1cc(C)c(-c2ccc(CNCCCP(=O)(O)O)cc2)c(C)c1. The largest absolute Gasteiger partial charge is 0.494 e. The third-order valence-corrected chi connectivity index (χ3v) is 6.05. The summed E-state index contributed by atoms with van der Waals surface area (Å²) in [6.07, 6.45) is 5.21. The Labute approximate surface area is 181 Å². The van der Waals surface area contributed by atoms with E-state index in [2.05, 4.69) is 62.5 Å². The molecule has 0 saturated heterocycles. The van der Waals surface area contributed by atoms with Crippen molar-refractivity contribution in [2.75, 3.05) is 19.3 Å². The van der Waals surface area contributed by atoms with E-state index in [1.54, 1.807) is 0 Å². The topological polar surface area (TPSA) is 78.8 Å². The molecule has 0 fully saturated rings. The Kier molecular flexibility index (Phi) is 10.1. The summed E-state index contributed by atoms with van der Waals surface area (Å²) in [5, 5.41) is 3.24. The molecule has 0 aromatic heterocycles. The summed E-state index contributed by atoms with van der Waals surface area (Å²) < 4.78 is 16.8. The predicted octanol–water partition coefficient (Wildman–Crippen LogP) is 5.59. The monoisotopic (exact) mass is 433 g/mol. The number of aryl methyl sites for hydroxylation is 2. The van der Waals surface area contributed by atoms with E-state index < -0.39 is 7.60 Å². The fourth-order valence-corrected chi connectivity index (χ4v) is 4.18. The lowest BCUT2D eigenvalue weighted by Gasteiger charge is -2.14. The molecule has 0 unspecified atom stereocenters. The second kappa shape index (κ2) is 12.3. The number of rotatable bonds is 13. The lowest BCUT2D eigenvalue weighted by Crippen LogP contribution is -2.15. The van der Waals surface area contributed by atoms with Crippen molar-refractivity contribution in [2.24, 2.45) is 0 Å². The Hall–Kier alpha value is -1.65. The number of hydrogen-bond donors (Lipinski definition) is 3. The molecule has 5 nitrogen and oxygen atoms in total. The van der Waals surface area contributed by atoms with Gasteiger partial charge >= 0.3 is 7.60 Å². The van der Waals surface area contributed by atoms with Crippen LogP contribution in [0.4, 0.5) is 0 Å². The van der Waals surface area contributed by atoms with E-state index in [-0.39, 0.29) is 6.16 Å². The Morgan fingerprint density at radius 1 is 0.967 bits per heavy atom. The van der Waals surface area contributed by atoms with Crippen LogP contribution in [0.3, 0.4) is 0 Å². The fourth-order valence-electron chi connectivity index (χ4n) is 3.61. The van der Waals surface area contributed by atoms with Crippen molar-refractivity contribution in [1.82, 2.24) is 5.32 Å². The number of ether oxygens (including phenoxy) is 1. The smallest absolute Gasteiger partial charge is 0.325 e. The van der Waals surface area contributed by atoms with E-state index in [0.29, 0.717) is 19.5 Å². The van der Waals surface area contributed by atoms with E-state index in [4.69, 9.17) is 14.5 Å². The van der Waals surface area contributed by atoms with Crippen LogP contribution >= 0.6 is 7.60 Å². The first-order chi connectivity index (χ1) is 14.3. The summed E-state index contributed by atoms with van der Waals surface area (Å²) >= 11 is 0. The van der Waals surface area contributed by atoms with Gasteiger partial charge in [0.05, 0.1) is 12.8 Å². The van der Waals surface area contributed by atoms with Crippen LogP contribution in [-0.4, -0.2) is 29.1 Å². The van der Waals surface area contributed by atoms with E-state index in [0.717, 1.165) is 24.3 Å². The minimum absolute atomic E-state index is 0.0735. The van der Waals surface area contributed by atoms with Crippen LogP contribution in [0.15, 0.2) is 36.4 Å². The van der Waals surface area contributed by atoms with E-state index in [1.807, 2.05) is 0 Å². The van der Waals surface area contributed by atoms with Gasteiger partial charge in [-0.2, -0.15) is 0 Å². The van der Waals surface area contributed by atoms with Crippen molar-refractivity contribution < 1.29 is 19.1 Å². The van der Waals surface area contributed by atoms with E-state index in [1.165, 1.54) is 41.5 Å². The van der Waals surface area contributed by atoms with Crippen LogP contribution in [0.1, 0.15) is 55.7 Å². The van der Waals surface area contributed by atoms with Gasteiger partial charge in [0.25, 0.3) is 0 Å². The highest BCUT2D eigenvalue weighted by Crippen LogP contribution is 2.34. The summed E-state index contributed by atoms with van der Waals surface area (Å²) in [5.41, 5.74) is 6.00. The van der Waals surface area contributed by atoms with Crippen LogP contribution in [0.25, 0.3) is 11.1 Å². The highest BCUT2D eigenvalue weighted by Gasteiger charge is 2.11. The Bertz CT molecular complexity index is 807. The molecule has 0 radical (unpaired) electrons. The highest BCUT2D eigenvalue weighted by molar-refractivity contribution is 7.51. The quantitative estimate of drug-likeness (QED) is 0.284. The zero-order valence-electron chi connectivity index (χ0n) is 18.5. The van der Waals surface area contributed by atoms with Gasteiger partial charge in [-0.1, -0.05) is 50.5 Å². The molecule has 0 heterocycles. The van der Waals surface area contributed by atoms with Crippen molar-refractivity contribution in [2.45, 2.75) is 59.4 Å². The molecule has 0 aliphatic carbocycles. The molecule has 2 aromatic carbocycles. The molecule has 2 rings (SSSR count). The molecule has 0 saturated carbocycles. The molecule has 0 spiro atoms. The maximum Gasteiger partial charge on any atom is 0.325 e. The minimum Gasteiger partial charge on any atom is -0.494 e. The van der Waals surface area contributed by atoms with E-state index in [9.17, 15) is 4.57 Å². The molecule has 0 amide bonds. The summed E-state index contributed by atoms with van der Waals surface area (Å²) in [6, 6.07) is 12.7. The molecule has 2 aromatic rings. The Morgan fingerprint density at radius 2 is 1.63 bits per heavy atom. The number of hydrogen-bond acceptors (Lipinski definition) is 3. The van der Waals surface area contributed by atoms with Crippen LogP contribution in [0.2, 0.25) is 0 Å². The maximum atomic E-state index is 10.9. The fraction of sp³-hybridized carbons (Fsp3) is 0.500. The normalized spacial score (nSPS) is 11.6. The van der Waals surface area contributed by atoms with Crippen molar-refractivity contribution in [3.8, 4) is 16.9 Å². The van der Waals surface area contributed by atoms with Crippen molar-refractivity contribution in [1.29, 1.82) is 0 Å². The number of nitrogens with one attached hydrogen (secondary N) is 1. The summed E-state index contributed by atoms with van der Waals surface area (Å²) in [4.78, 5) is 17.8. The third-order valence-electron chi connectivity index (χ3n) is 5.15. The second-order valence-corrected chi connectivity index (χ2v) is 9.73. The molecule has 30 heavy (non-hydrogen) atoms. The highest BCUT2D eigenvalue weighted by atomic mass is 31.2. The first kappa shape index (κ1) is 24.6.